The van der Waals surface area contributed by atoms with Crippen molar-refractivity contribution in [1.29, 1.82) is 5.26 Å². The van der Waals surface area contributed by atoms with E-state index in [4.69, 9.17) is 22.6 Å². The van der Waals surface area contributed by atoms with E-state index in [1.165, 1.54) is 11.8 Å². The second-order valence-electron chi connectivity index (χ2n) is 2.41. The molecule has 4 heteroatoms. The fourth-order valence-corrected chi connectivity index (χ4v) is 2.06. The van der Waals surface area contributed by atoms with Crippen LogP contribution in [0.25, 0.3) is 0 Å². The first-order valence-corrected chi connectivity index (χ1v) is 5.16. The summed E-state index contributed by atoms with van der Waals surface area (Å²) in [7, 11) is 0. The Balaban J connectivity index is 2.71. The highest BCUT2D eigenvalue weighted by Crippen LogP contribution is 2.32. The van der Waals surface area contributed by atoms with E-state index in [0.29, 0.717) is 17.1 Å². The molecule has 0 bridgehead atoms. The summed E-state index contributed by atoms with van der Waals surface area (Å²) in [5.41, 5.74) is 6.39. The molecular weight excluding hydrogens is 204 g/mol. The van der Waals surface area contributed by atoms with E-state index in [-0.39, 0.29) is 0 Å². The zero-order valence-corrected chi connectivity index (χ0v) is 8.53. The first-order valence-electron chi connectivity index (χ1n) is 3.79. The van der Waals surface area contributed by atoms with Crippen molar-refractivity contribution in [2.24, 2.45) is 0 Å². The third-order valence-electron chi connectivity index (χ3n) is 1.46. The van der Waals surface area contributed by atoms with E-state index in [1.807, 2.05) is 6.07 Å². The molecule has 0 aliphatic heterocycles. The van der Waals surface area contributed by atoms with Crippen LogP contribution in [0.2, 0.25) is 5.02 Å². The number of hydrogen-bond acceptors (Lipinski definition) is 3. The summed E-state index contributed by atoms with van der Waals surface area (Å²) in [6.45, 7) is 0. The summed E-state index contributed by atoms with van der Waals surface area (Å²) < 4.78 is 0. The molecule has 0 amide bonds. The van der Waals surface area contributed by atoms with E-state index >= 15 is 0 Å². The molecule has 0 saturated carbocycles. The second kappa shape index (κ2) is 5.00. The molecule has 1 aromatic rings. The Kier molecular flexibility index (Phi) is 3.94. The second-order valence-corrected chi connectivity index (χ2v) is 3.93. The van der Waals surface area contributed by atoms with Crippen LogP contribution in [-0.4, -0.2) is 5.75 Å². The highest BCUT2D eigenvalue weighted by molar-refractivity contribution is 7.99. The number of thioether (sulfide) groups is 1. The first-order chi connectivity index (χ1) is 6.25. The summed E-state index contributed by atoms with van der Waals surface area (Å²) in [6.07, 6.45) is 0.509. The van der Waals surface area contributed by atoms with Gasteiger partial charge in [-0.05, 0) is 12.1 Å². The number of nitrogens with zero attached hydrogens (tertiary/aromatic N) is 1. The Morgan fingerprint density at radius 3 is 2.92 bits per heavy atom. The summed E-state index contributed by atoms with van der Waals surface area (Å²) >= 11 is 7.44. The number of nitriles is 1. The molecule has 1 rings (SSSR count). The van der Waals surface area contributed by atoms with E-state index in [9.17, 15) is 0 Å². The molecular formula is C9H9ClN2S. The molecule has 0 saturated heterocycles. The number of rotatable bonds is 3. The van der Waals surface area contributed by atoms with E-state index in [1.54, 1.807) is 12.1 Å². The maximum absolute atomic E-state index is 8.36. The molecule has 68 valence electrons. The molecule has 0 aromatic heterocycles. The van der Waals surface area contributed by atoms with Crippen LogP contribution in [0.15, 0.2) is 23.1 Å². The largest absolute Gasteiger partial charge is 0.398 e. The van der Waals surface area contributed by atoms with Gasteiger partial charge in [0.1, 0.15) is 0 Å². The summed E-state index contributed by atoms with van der Waals surface area (Å²) in [5.74, 6) is 0.727. The molecule has 0 unspecified atom stereocenters. The summed E-state index contributed by atoms with van der Waals surface area (Å²) in [6, 6.07) is 7.49. The zero-order valence-electron chi connectivity index (χ0n) is 6.96. The molecule has 1 aromatic carbocycles. The normalized spacial score (nSPS) is 9.54. The quantitative estimate of drug-likeness (QED) is 0.476. The molecule has 2 N–H and O–H groups in total. The minimum absolute atomic E-state index is 0.509. The van der Waals surface area contributed by atoms with Gasteiger partial charge in [0.05, 0.1) is 11.1 Å². The van der Waals surface area contributed by atoms with Crippen LogP contribution in [0.4, 0.5) is 5.69 Å². The zero-order chi connectivity index (χ0) is 9.68. The minimum Gasteiger partial charge on any atom is -0.398 e. The highest BCUT2D eigenvalue weighted by atomic mass is 35.5. The van der Waals surface area contributed by atoms with Gasteiger partial charge in [-0.3, -0.25) is 0 Å². The number of benzene rings is 1. The topological polar surface area (TPSA) is 49.8 Å². The van der Waals surface area contributed by atoms with Crippen molar-refractivity contribution in [2.75, 3.05) is 11.5 Å². The van der Waals surface area contributed by atoms with Gasteiger partial charge in [-0.1, -0.05) is 17.7 Å². The van der Waals surface area contributed by atoms with Gasteiger partial charge in [0.25, 0.3) is 0 Å². The molecule has 0 heterocycles. The smallest absolute Gasteiger partial charge is 0.0630 e. The van der Waals surface area contributed by atoms with Crippen molar-refractivity contribution >= 4 is 29.1 Å². The predicted octanol–water partition coefficient (Wildman–Crippen LogP) is 2.93. The molecule has 0 atom stereocenters. The van der Waals surface area contributed by atoms with Crippen molar-refractivity contribution in [2.45, 2.75) is 11.3 Å². The molecule has 0 aliphatic carbocycles. The lowest BCUT2D eigenvalue weighted by molar-refractivity contribution is 1.23. The SMILES string of the molecule is N#CCCSc1c(N)cccc1Cl. The summed E-state index contributed by atoms with van der Waals surface area (Å²) in [4.78, 5) is 0.874. The predicted molar refractivity (Wildman–Crippen MR) is 56.8 cm³/mol. The van der Waals surface area contributed by atoms with Gasteiger partial charge in [-0.2, -0.15) is 5.26 Å². The Hall–Kier alpha value is -0.850. The number of nitrogens with two attached hydrogens (primary N) is 1. The van der Waals surface area contributed by atoms with Crippen LogP contribution in [0.3, 0.4) is 0 Å². The van der Waals surface area contributed by atoms with Crippen molar-refractivity contribution in [3.63, 3.8) is 0 Å². The first kappa shape index (κ1) is 10.2. The van der Waals surface area contributed by atoms with Crippen LogP contribution in [-0.2, 0) is 0 Å². The maximum atomic E-state index is 8.36. The van der Waals surface area contributed by atoms with Crippen LogP contribution >= 0.6 is 23.4 Å². The van der Waals surface area contributed by atoms with Crippen LogP contribution < -0.4 is 5.73 Å². The monoisotopic (exact) mass is 212 g/mol. The van der Waals surface area contributed by atoms with Crippen molar-refractivity contribution < 1.29 is 0 Å². The molecule has 0 spiro atoms. The average molecular weight is 213 g/mol. The van der Waals surface area contributed by atoms with Gasteiger partial charge >= 0.3 is 0 Å². The van der Waals surface area contributed by atoms with Gasteiger partial charge in [0, 0.05) is 22.8 Å². The fraction of sp³-hybridized carbons (Fsp3) is 0.222. The van der Waals surface area contributed by atoms with Crippen LogP contribution in [0, 0.1) is 11.3 Å². The fourth-order valence-electron chi connectivity index (χ4n) is 0.877. The van der Waals surface area contributed by atoms with Gasteiger partial charge in [0.15, 0.2) is 0 Å². The number of anilines is 1. The average Bonchev–Trinajstić information content (AvgIpc) is 2.10. The van der Waals surface area contributed by atoms with Crippen LogP contribution in [0.1, 0.15) is 6.42 Å². The molecule has 0 radical (unpaired) electrons. The van der Waals surface area contributed by atoms with Gasteiger partial charge in [0.2, 0.25) is 0 Å². The molecule has 2 nitrogen and oxygen atoms in total. The van der Waals surface area contributed by atoms with E-state index in [2.05, 4.69) is 6.07 Å². The van der Waals surface area contributed by atoms with E-state index in [0.717, 1.165) is 10.6 Å². The molecule has 13 heavy (non-hydrogen) atoms. The molecule has 0 fully saturated rings. The Morgan fingerprint density at radius 1 is 1.54 bits per heavy atom. The number of nitrogen functional groups attached to an aromatic ring is 1. The minimum atomic E-state index is 0.509. The molecule has 0 aliphatic rings. The summed E-state index contributed by atoms with van der Waals surface area (Å²) in [5, 5.41) is 9.01. The lowest BCUT2D eigenvalue weighted by atomic mass is 10.3. The van der Waals surface area contributed by atoms with Gasteiger partial charge in [-0.25, -0.2) is 0 Å². The van der Waals surface area contributed by atoms with Crippen molar-refractivity contribution in [3.05, 3.63) is 23.2 Å². The van der Waals surface area contributed by atoms with Gasteiger partial charge in [-0.15, -0.1) is 11.8 Å². The lowest BCUT2D eigenvalue weighted by Gasteiger charge is -2.05. The number of hydrogen-bond donors (Lipinski definition) is 1. The van der Waals surface area contributed by atoms with Crippen molar-refractivity contribution in [3.8, 4) is 6.07 Å². The van der Waals surface area contributed by atoms with Crippen molar-refractivity contribution in [1.82, 2.24) is 0 Å². The third kappa shape index (κ3) is 2.83. The Morgan fingerprint density at radius 2 is 2.31 bits per heavy atom. The maximum Gasteiger partial charge on any atom is 0.0630 e. The van der Waals surface area contributed by atoms with Gasteiger partial charge < -0.3 is 5.73 Å². The lowest BCUT2D eigenvalue weighted by Crippen LogP contribution is -1.89. The number of halogens is 1. The Labute approximate surface area is 86.7 Å². The van der Waals surface area contributed by atoms with Crippen LogP contribution in [0.5, 0.6) is 0 Å². The van der Waals surface area contributed by atoms with E-state index < -0.39 is 0 Å². The standard InChI is InChI=1S/C9H9ClN2S/c10-7-3-1-4-8(12)9(7)13-6-2-5-11/h1,3-4H,2,6,12H2. The third-order valence-corrected chi connectivity index (χ3v) is 3.04. The highest BCUT2D eigenvalue weighted by Gasteiger charge is 2.03. The Bertz CT molecular complexity index is 313.